The van der Waals surface area contributed by atoms with E-state index in [4.69, 9.17) is 5.73 Å². The van der Waals surface area contributed by atoms with Crippen LogP contribution in [0.5, 0.6) is 0 Å². The summed E-state index contributed by atoms with van der Waals surface area (Å²) < 4.78 is 4.59. The van der Waals surface area contributed by atoms with Gasteiger partial charge in [-0.2, -0.15) is 4.99 Å². The minimum atomic E-state index is -0.400. The fourth-order valence-electron chi connectivity index (χ4n) is 1.15. The molecule has 0 bridgehead atoms. The molecule has 1 rings (SSSR count). The Morgan fingerprint density at radius 1 is 1.67 bits per heavy atom. The number of carbonyl (C=O) groups is 1. The molecule has 5 heteroatoms. The van der Waals surface area contributed by atoms with Crippen molar-refractivity contribution in [3.63, 3.8) is 0 Å². The maximum atomic E-state index is 11.2. The number of esters is 1. The van der Waals surface area contributed by atoms with Crippen molar-refractivity contribution in [2.45, 2.75) is 6.54 Å². The Bertz CT molecular complexity index is 425. The Kier molecular flexibility index (Phi) is 4.12. The first kappa shape index (κ1) is 11.5. The highest BCUT2D eigenvalue weighted by molar-refractivity contribution is 7.78. The molecule has 0 aromatic heterocycles. The van der Waals surface area contributed by atoms with Crippen LogP contribution in [0, 0.1) is 0 Å². The van der Waals surface area contributed by atoms with Gasteiger partial charge in [-0.3, -0.25) is 0 Å². The lowest BCUT2D eigenvalue weighted by atomic mass is 10.1. The summed E-state index contributed by atoms with van der Waals surface area (Å²) in [4.78, 5) is 15.1. The molecule has 0 aliphatic carbocycles. The van der Waals surface area contributed by atoms with Crippen molar-refractivity contribution in [2.24, 2.45) is 10.7 Å². The molecule has 1 aromatic carbocycles. The van der Waals surface area contributed by atoms with Gasteiger partial charge in [-0.25, -0.2) is 4.79 Å². The molecule has 78 valence electrons. The number of ether oxygens (including phenoxy) is 1. The van der Waals surface area contributed by atoms with Crippen LogP contribution < -0.4 is 5.73 Å². The number of nitrogens with two attached hydrogens (primary N) is 1. The monoisotopic (exact) mass is 222 g/mol. The van der Waals surface area contributed by atoms with E-state index in [1.807, 2.05) is 0 Å². The standard InChI is InChI=1S/C10H10N2O2S/c1-14-10(13)7-2-3-9(12-6-15)8(4-7)5-11/h2-4H,5,11H2,1H3. The molecule has 0 unspecified atom stereocenters. The van der Waals surface area contributed by atoms with Crippen molar-refractivity contribution in [1.82, 2.24) is 0 Å². The Morgan fingerprint density at radius 3 is 2.93 bits per heavy atom. The number of carbonyl (C=O) groups excluding carboxylic acids is 1. The lowest BCUT2D eigenvalue weighted by molar-refractivity contribution is 0.0600. The quantitative estimate of drug-likeness (QED) is 0.480. The molecule has 0 amide bonds. The van der Waals surface area contributed by atoms with Crippen LogP contribution in [-0.2, 0) is 11.3 Å². The summed E-state index contributed by atoms with van der Waals surface area (Å²) in [5.74, 6) is -0.400. The lowest BCUT2D eigenvalue weighted by Gasteiger charge is -2.04. The van der Waals surface area contributed by atoms with Crippen LogP contribution in [0.2, 0.25) is 0 Å². The molecule has 1 aromatic rings. The summed E-state index contributed by atoms with van der Waals surface area (Å²) >= 11 is 4.50. The van der Waals surface area contributed by atoms with Crippen LogP contribution in [0.25, 0.3) is 0 Å². The van der Waals surface area contributed by atoms with Crippen LogP contribution in [0.15, 0.2) is 23.2 Å². The molecule has 0 radical (unpaired) electrons. The van der Waals surface area contributed by atoms with Gasteiger partial charge in [-0.05, 0) is 36.0 Å². The second-order valence-electron chi connectivity index (χ2n) is 2.74. The fraction of sp³-hybridized carbons (Fsp3) is 0.200. The molecule has 4 nitrogen and oxygen atoms in total. The average Bonchev–Trinajstić information content (AvgIpc) is 2.29. The van der Waals surface area contributed by atoms with Crippen molar-refractivity contribution < 1.29 is 9.53 Å². The molecule has 15 heavy (non-hydrogen) atoms. The van der Waals surface area contributed by atoms with E-state index in [0.29, 0.717) is 11.3 Å². The summed E-state index contributed by atoms with van der Waals surface area (Å²) in [6.07, 6.45) is 0. The number of benzene rings is 1. The van der Waals surface area contributed by atoms with Gasteiger partial charge in [0.2, 0.25) is 0 Å². The molecule has 2 N–H and O–H groups in total. The van der Waals surface area contributed by atoms with Crippen LogP contribution >= 0.6 is 12.2 Å². The normalized spacial score (nSPS) is 9.20. The van der Waals surface area contributed by atoms with Gasteiger partial charge < -0.3 is 10.5 Å². The fourth-order valence-corrected chi connectivity index (χ4v) is 1.25. The summed E-state index contributed by atoms with van der Waals surface area (Å²) in [7, 11) is 1.33. The molecule has 0 spiro atoms. The predicted molar refractivity (Wildman–Crippen MR) is 60.4 cm³/mol. The smallest absolute Gasteiger partial charge is 0.337 e. The van der Waals surface area contributed by atoms with Crippen LogP contribution in [0.4, 0.5) is 5.69 Å². The van der Waals surface area contributed by atoms with Gasteiger partial charge in [0.15, 0.2) is 0 Å². The van der Waals surface area contributed by atoms with Crippen molar-refractivity contribution in [1.29, 1.82) is 0 Å². The summed E-state index contributed by atoms with van der Waals surface area (Å²) in [6, 6.07) is 4.90. The number of hydrogen-bond acceptors (Lipinski definition) is 5. The second-order valence-corrected chi connectivity index (χ2v) is 2.92. The number of isothiocyanates is 1. The van der Waals surface area contributed by atoms with Crippen molar-refractivity contribution >= 4 is 29.0 Å². The summed E-state index contributed by atoms with van der Waals surface area (Å²) in [6.45, 7) is 0.278. The molecular formula is C10H10N2O2S. The maximum absolute atomic E-state index is 11.2. The maximum Gasteiger partial charge on any atom is 0.337 e. The second kappa shape index (κ2) is 5.36. The molecule has 0 heterocycles. The van der Waals surface area contributed by atoms with Gasteiger partial charge in [0.25, 0.3) is 0 Å². The molecule has 0 aliphatic heterocycles. The third-order valence-corrected chi connectivity index (χ3v) is 1.98. The van der Waals surface area contributed by atoms with Crippen molar-refractivity contribution in [3.8, 4) is 0 Å². The molecular weight excluding hydrogens is 212 g/mol. The average molecular weight is 222 g/mol. The highest BCUT2D eigenvalue weighted by Crippen LogP contribution is 2.20. The van der Waals surface area contributed by atoms with Gasteiger partial charge in [0.05, 0.1) is 23.5 Å². The van der Waals surface area contributed by atoms with Crippen molar-refractivity contribution in [2.75, 3.05) is 7.11 Å². The van der Waals surface area contributed by atoms with Crippen LogP contribution in [0.1, 0.15) is 15.9 Å². The van der Waals surface area contributed by atoms with Gasteiger partial charge >= 0.3 is 5.97 Å². The topological polar surface area (TPSA) is 64.7 Å². The number of methoxy groups -OCH3 is 1. The predicted octanol–water partition coefficient (Wildman–Crippen LogP) is 1.67. The Morgan fingerprint density at radius 2 is 2.40 bits per heavy atom. The van der Waals surface area contributed by atoms with Crippen LogP contribution in [-0.4, -0.2) is 18.2 Å². The molecule has 0 atom stereocenters. The van der Waals surface area contributed by atoms with Gasteiger partial charge in [-0.15, -0.1) is 0 Å². The molecule has 0 aliphatic rings. The molecule has 0 fully saturated rings. The highest BCUT2D eigenvalue weighted by Gasteiger charge is 2.08. The molecule has 0 saturated heterocycles. The number of aliphatic imine (C=N–C) groups is 1. The number of rotatable bonds is 3. The molecule has 0 saturated carbocycles. The van der Waals surface area contributed by atoms with E-state index in [2.05, 4.69) is 27.1 Å². The van der Waals surface area contributed by atoms with E-state index in [-0.39, 0.29) is 6.54 Å². The minimum absolute atomic E-state index is 0.278. The Hall–Kier alpha value is -1.55. The zero-order valence-electron chi connectivity index (χ0n) is 8.19. The zero-order chi connectivity index (χ0) is 11.3. The lowest BCUT2D eigenvalue weighted by Crippen LogP contribution is -2.04. The summed E-state index contributed by atoms with van der Waals surface area (Å²) in [5, 5.41) is 2.26. The van der Waals surface area contributed by atoms with E-state index in [1.54, 1.807) is 18.2 Å². The largest absolute Gasteiger partial charge is 0.465 e. The number of thiocarbonyl (C=S) groups is 1. The summed E-state index contributed by atoms with van der Waals surface area (Å²) in [5.41, 5.74) is 7.32. The first-order chi connectivity index (χ1) is 7.22. The third-order valence-electron chi connectivity index (χ3n) is 1.89. The first-order valence-electron chi connectivity index (χ1n) is 4.22. The SMILES string of the molecule is COC(=O)c1ccc(N=C=S)c(CN)c1. The Balaban J connectivity index is 3.18. The number of hydrogen-bond donors (Lipinski definition) is 1. The Labute approximate surface area is 92.8 Å². The van der Waals surface area contributed by atoms with Crippen molar-refractivity contribution in [3.05, 3.63) is 29.3 Å². The van der Waals surface area contributed by atoms with E-state index in [0.717, 1.165) is 5.56 Å². The zero-order valence-corrected chi connectivity index (χ0v) is 9.00. The van der Waals surface area contributed by atoms with Gasteiger partial charge in [-0.1, -0.05) is 0 Å². The third kappa shape index (κ3) is 2.70. The van der Waals surface area contributed by atoms with E-state index < -0.39 is 5.97 Å². The number of nitrogens with zero attached hydrogens (tertiary/aromatic N) is 1. The van der Waals surface area contributed by atoms with Gasteiger partial charge in [0.1, 0.15) is 0 Å². The van der Waals surface area contributed by atoms with Crippen LogP contribution in [0.3, 0.4) is 0 Å². The van der Waals surface area contributed by atoms with E-state index in [9.17, 15) is 4.79 Å². The highest BCUT2D eigenvalue weighted by atomic mass is 32.1. The first-order valence-corrected chi connectivity index (χ1v) is 4.63. The van der Waals surface area contributed by atoms with E-state index >= 15 is 0 Å². The van der Waals surface area contributed by atoms with E-state index in [1.165, 1.54) is 7.11 Å². The minimum Gasteiger partial charge on any atom is -0.465 e. The van der Waals surface area contributed by atoms with Gasteiger partial charge in [0, 0.05) is 6.54 Å².